The van der Waals surface area contributed by atoms with Gasteiger partial charge in [0.1, 0.15) is 5.75 Å². The van der Waals surface area contributed by atoms with Crippen LogP contribution in [0, 0.1) is 6.92 Å². The fourth-order valence-electron chi connectivity index (χ4n) is 0.820. The largest absolute Gasteiger partial charge is 0.446 e. The van der Waals surface area contributed by atoms with Crippen molar-refractivity contribution >= 4 is 22.0 Å². The summed E-state index contributed by atoms with van der Waals surface area (Å²) in [7, 11) is -4.46. The Labute approximate surface area is 81.1 Å². The smallest absolute Gasteiger partial charge is 0.362 e. The van der Waals surface area contributed by atoms with Gasteiger partial charge in [0.15, 0.2) is 0 Å². The number of hydrogen-bond donors (Lipinski definition) is 1. The zero-order valence-corrected chi connectivity index (χ0v) is 8.26. The average molecular weight is 223 g/mol. The molecule has 0 bridgehead atoms. The third-order valence-electron chi connectivity index (χ3n) is 1.33. The molecule has 0 fully saturated rings. The van der Waals surface area contributed by atoms with Crippen molar-refractivity contribution in [3.05, 3.63) is 28.8 Å². The topological polar surface area (TPSA) is 63.6 Å². The Balaban J connectivity index is 3.04. The minimum Gasteiger partial charge on any atom is -0.362 e. The molecule has 72 valence electrons. The minimum absolute atomic E-state index is 0.0619. The van der Waals surface area contributed by atoms with E-state index in [0.29, 0.717) is 10.6 Å². The van der Waals surface area contributed by atoms with Gasteiger partial charge in [-0.3, -0.25) is 4.55 Å². The SMILES string of the molecule is Cc1cc(Cl)ccc1OS(=O)(=O)O. The second kappa shape index (κ2) is 3.53. The lowest BCUT2D eigenvalue weighted by Gasteiger charge is -2.04. The zero-order chi connectivity index (χ0) is 10.1. The highest BCUT2D eigenvalue weighted by molar-refractivity contribution is 7.81. The van der Waals surface area contributed by atoms with Gasteiger partial charge in [0.2, 0.25) is 0 Å². The van der Waals surface area contributed by atoms with Crippen LogP contribution in [0.15, 0.2) is 18.2 Å². The predicted molar refractivity (Wildman–Crippen MR) is 48.4 cm³/mol. The maximum absolute atomic E-state index is 10.3. The Kier molecular flexibility index (Phi) is 2.80. The van der Waals surface area contributed by atoms with Crippen LogP contribution in [-0.4, -0.2) is 13.0 Å². The lowest BCUT2D eigenvalue weighted by molar-refractivity contribution is 0.386. The normalized spacial score (nSPS) is 11.3. The van der Waals surface area contributed by atoms with Crippen molar-refractivity contribution in [1.82, 2.24) is 0 Å². The van der Waals surface area contributed by atoms with E-state index in [1.54, 1.807) is 6.92 Å². The molecule has 0 amide bonds. The van der Waals surface area contributed by atoms with E-state index in [-0.39, 0.29) is 5.75 Å². The second-order valence-corrected chi connectivity index (χ2v) is 3.88. The molecular formula is C7H7ClO4S. The molecule has 0 radical (unpaired) electrons. The molecule has 0 spiro atoms. The summed E-state index contributed by atoms with van der Waals surface area (Å²) in [6.07, 6.45) is 0. The summed E-state index contributed by atoms with van der Waals surface area (Å²) in [5, 5.41) is 0.472. The van der Waals surface area contributed by atoms with E-state index in [2.05, 4.69) is 4.18 Å². The first-order chi connectivity index (χ1) is 5.88. The summed E-state index contributed by atoms with van der Waals surface area (Å²) in [5.74, 6) is 0.0619. The molecule has 0 saturated carbocycles. The summed E-state index contributed by atoms with van der Waals surface area (Å²) >= 11 is 5.62. The third-order valence-corrected chi connectivity index (χ3v) is 1.96. The Morgan fingerprint density at radius 2 is 2.08 bits per heavy atom. The van der Waals surface area contributed by atoms with Crippen LogP contribution in [-0.2, 0) is 10.4 Å². The molecule has 1 rings (SSSR count). The van der Waals surface area contributed by atoms with E-state index in [1.807, 2.05) is 0 Å². The Bertz CT molecular complexity index is 413. The van der Waals surface area contributed by atoms with Crippen LogP contribution in [0.5, 0.6) is 5.75 Å². The molecule has 0 aliphatic rings. The lowest BCUT2D eigenvalue weighted by atomic mass is 10.2. The average Bonchev–Trinajstić information content (AvgIpc) is 1.93. The first kappa shape index (κ1) is 10.3. The third kappa shape index (κ3) is 3.22. The van der Waals surface area contributed by atoms with Crippen LogP contribution in [0.25, 0.3) is 0 Å². The molecule has 4 nitrogen and oxygen atoms in total. The van der Waals surface area contributed by atoms with Crippen LogP contribution in [0.2, 0.25) is 5.02 Å². The number of benzene rings is 1. The quantitative estimate of drug-likeness (QED) is 0.776. The van der Waals surface area contributed by atoms with Crippen LogP contribution >= 0.6 is 11.6 Å². The fourth-order valence-corrected chi connectivity index (χ4v) is 1.46. The maximum atomic E-state index is 10.3. The van der Waals surface area contributed by atoms with Crippen LogP contribution in [0.4, 0.5) is 0 Å². The molecule has 13 heavy (non-hydrogen) atoms. The Morgan fingerprint density at radius 3 is 2.54 bits per heavy atom. The summed E-state index contributed by atoms with van der Waals surface area (Å²) < 4.78 is 33.3. The van der Waals surface area contributed by atoms with Gasteiger partial charge in [-0.05, 0) is 30.7 Å². The van der Waals surface area contributed by atoms with E-state index < -0.39 is 10.4 Å². The van der Waals surface area contributed by atoms with Crippen molar-refractivity contribution < 1.29 is 17.2 Å². The van der Waals surface area contributed by atoms with Crippen LogP contribution < -0.4 is 4.18 Å². The van der Waals surface area contributed by atoms with Crippen molar-refractivity contribution in [2.24, 2.45) is 0 Å². The minimum atomic E-state index is -4.46. The molecule has 1 aromatic rings. The molecule has 0 atom stereocenters. The van der Waals surface area contributed by atoms with Gasteiger partial charge >= 0.3 is 10.4 Å². The molecule has 1 N–H and O–H groups in total. The van der Waals surface area contributed by atoms with Crippen LogP contribution in [0.3, 0.4) is 0 Å². The zero-order valence-electron chi connectivity index (χ0n) is 6.69. The highest BCUT2D eigenvalue weighted by atomic mass is 35.5. The highest BCUT2D eigenvalue weighted by Crippen LogP contribution is 2.22. The number of aryl methyl sites for hydroxylation is 1. The molecule has 0 heterocycles. The molecule has 0 saturated heterocycles. The summed E-state index contributed by atoms with van der Waals surface area (Å²) in [5.41, 5.74) is 0.533. The summed E-state index contributed by atoms with van der Waals surface area (Å²) in [6, 6.07) is 4.36. The molecule has 6 heteroatoms. The molecule has 0 aliphatic carbocycles. The van der Waals surface area contributed by atoms with Gasteiger partial charge in [0.25, 0.3) is 0 Å². The Morgan fingerprint density at radius 1 is 1.46 bits per heavy atom. The first-order valence-corrected chi connectivity index (χ1v) is 5.06. The lowest BCUT2D eigenvalue weighted by Crippen LogP contribution is -2.07. The first-order valence-electron chi connectivity index (χ1n) is 3.31. The van der Waals surface area contributed by atoms with Gasteiger partial charge in [-0.15, -0.1) is 0 Å². The van der Waals surface area contributed by atoms with Crippen molar-refractivity contribution in [3.8, 4) is 5.75 Å². The predicted octanol–water partition coefficient (Wildman–Crippen LogP) is 1.83. The number of hydrogen-bond acceptors (Lipinski definition) is 3. The van der Waals surface area contributed by atoms with Crippen molar-refractivity contribution in [1.29, 1.82) is 0 Å². The fraction of sp³-hybridized carbons (Fsp3) is 0.143. The summed E-state index contributed by atoms with van der Waals surface area (Å²) in [4.78, 5) is 0. The van der Waals surface area contributed by atoms with Gasteiger partial charge in [-0.1, -0.05) is 11.6 Å². The van der Waals surface area contributed by atoms with Crippen molar-refractivity contribution in [2.75, 3.05) is 0 Å². The maximum Gasteiger partial charge on any atom is 0.446 e. The van der Waals surface area contributed by atoms with Crippen molar-refractivity contribution in [2.45, 2.75) is 6.92 Å². The van der Waals surface area contributed by atoms with Gasteiger partial charge < -0.3 is 4.18 Å². The van der Waals surface area contributed by atoms with Crippen LogP contribution in [0.1, 0.15) is 5.56 Å². The van der Waals surface area contributed by atoms with Gasteiger partial charge in [-0.2, -0.15) is 8.42 Å². The van der Waals surface area contributed by atoms with Crippen molar-refractivity contribution in [3.63, 3.8) is 0 Å². The van der Waals surface area contributed by atoms with E-state index in [9.17, 15) is 8.42 Å². The Hall–Kier alpha value is -0.780. The van der Waals surface area contributed by atoms with E-state index >= 15 is 0 Å². The summed E-state index contributed by atoms with van der Waals surface area (Å²) in [6.45, 7) is 1.62. The number of halogens is 1. The van der Waals surface area contributed by atoms with E-state index in [4.69, 9.17) is 16.2 Å². The standard InChI is InChI=1S/C7H7ClO4S/c1-5-4-6(8)2-3-7(5)12-13(9,10)11/h2-4H,1H3,(H,9,10,11). The monoisotopic (exact) mass is 222 g/mol. The van der Waals surface area contributed by atoms with E-state index in [1.165, 1.54) is 18.2 Å². The molecule has 1 aromatic carbocycles. The molecule has 0 aromatic heterocycles. The van der Waals surface area contributed by atoms with Gasteiger partial charge in [0.05, 0.1) is 0 Å². The van der Waals surface area contributed by atoms with E-state index in [0.717, 1.165) is 0 Å². The second-order valence-electron chi connectivity index (χ2n) is 2.42. The van der Waals surface area contributed by atoms with Gasteiger partial charge in [-0.25, -0.2) is 0 Å². The molecule has 0 aliphatic heterocycles. The molecule has 0 unspecified atom stereocenters. The highest BCUT2D eigenvalue weighted by Gasteiger charge is 2.09. The number of rotatable bonds is 2. The molecular weight excluding hydrogens is 216 g/mol. The van der Waals surface area contributed by atoms with Gasteiger partial charge in [0, 0.05) is 5.02 Å².